The Morgan fingerprint density at radius 2 is 1.93 bits per heavy atom. The molecule has 0 aliphatic carbocycles. The summed E-state index contributed by atoms with van der Waals surface area (Å²) in [4.78, 5) is 29.1. The molecule has 150 valence electrons. The Kier molecular flexibility index (Phi) is 6.59. The molecule has 0 bridgehead atoms. The molecule has 1 aromatic carbocycles. The van der Waals surface area contributed by atoms with Gasteiger partial charge in [-0.05, 0) is 31.5 Å². The summed E-state index contributed by atoms with van der Waals surface area (Å²) >= 11 is 7.70. The molecule has 2 aromatic rings. The van der Waals surface area contributed by atoms with E-state index < -0.39 is 5.97 Å². The van der Waals surface area contributed by atoms with E-state index in [4.69, 9.17) is 16.3 Å². The van der Waals surface area contributed by atoms with Crippen LogP contribution in [0.15, 0.2) is 24.3 Å². The number of hydrogen-bond acceptors (Lipinski definition) is 5. The lowest BCUT2D eigenvalue weighted by Crippen LogP contribution is -3.15. The molecule has 2 N–H and O–H groups in total. The molecule has 0 spiro atoms. The summed E-state index contributed by atoms with van der Waals surface area (Å²) in [5, 5.41) is 4.23. The lowest BCUT2D eigenvalue weighted by Gasteiger charge is -2.33. The molecule has 8 heteroatoms. The number of halogens is 1. The highest BCUT2D eigenvalue weighted by Crippen LogP contribution is 2.32. The van der Waals surface area contributed by atoms with Crippen molar-refractivity contribution < 1.29 is 19.2 Å². The fourth-order valence-electron chi connectivity index (χ4n) is 3.41. The standard InChI is InChI=1S/C20H24ClN3O3S/c1-13-14(2)28-19(18(13)20(26)27-3)22-17(25)12-23-8-10-24(11-9-23)16-7-5-4-6-15(16)21/h4-7H,8-12H2,1-3H3,(H,22,25)/p+1. The number of rotatable bonds is 5. The Balaban J connectivity index is 1.58. The number of hydrogen-bond donors (Lipinski definition) is 2. The van der Waals surface area contributed by atoms with Crippen LogP contribution in [0.25, 0.3) is 0 Å². The monoisotopic (exact) mass is 422 g/mol. The summed E-state index contributed by atoms with van der Waals surface area (Å²) in [5.41, 5.74) is 2.35. The molecule has 0 atom stereocenters. The number of quaternary nitrogens is 1. The summed E-state index contributed by atoms with van der Waals surface area (Å²) in [5.74, 6) is -0.509. The first-order valence-corrected chi connectivity index (χ1v) is 10.4. The molecule has 1 aromatic heterocycles. The molecule has 0 radical (unpaired) electrons. The van der Waals surface area contributed by atoms with Gasteiger partial charge in [0, 0.05) is 4.88 Å². The predicted molar refractivity (Wildman–Crippen MR) is 113 cm³/mol. The van der Waals surface area contributed by atoms with Crippen LogP contribution in [0.1, 0.15) is 20.8 Å². The molecule has 0 saturated carbocycles. The number of carbonyl (C=O) groups excluding carboxylic acids is 2. The Bertz CT molecular complexity index is 876. The van der Waals surface area contributed by atoms with Crippen LogP contribution < -0.4 is 15.1 Å². The number of nitrogens with zero attached hydrogens (tertiary/aromatic N) is 1. The molecule has 1 amide bonds. The number of methoxy groups -OCH3 is 1. The molecule has 1 saturated heterocycles. The third kappa shape index (κ3) is 4.48. The number of carbonyl (C=O) groups is 2. The van der Waals surface area contributed by atoms with Crippen LogP contribution in [-0.2, 0) is 9.53 Å². The molecule has 1 aliphatic heterocycles. The van der Waals surface area contributed by atoms with Crippen molar-refractivity contribution in [2.24, 2.45) is 0 Å². The highest BCUT2D eigenvalue weighted by atomic mass is 35.5. The normalized spacial score (nSPS) is 14.8. The van der Waals surface area contributed by atoms with Crippen molar-refractivity contribution in [2.45, 2.75) is 13.8 Å². The molecule has 28 heavy (non-hydrogen) atoms. The zero-order chi connectivity index (χ0) is 20.3. The number of nitrogens with one attached hydrogen (secondary N) is 2. The largest absolute Gasteiger partial charge is 0.465 e. The van der Waals surface area contributed by atoms with Gasteiger partial charge in [0.05, 0.1) is 49.6 Å². The molecule has 0 unspecified atom stereocenters. The van der Waals surface area contributed by atoms with Gasteiger partial charge in [0.25, 0.3) is 5.91 Å². The van der Waals surface area contributed by atoms with Crippen LogP contribution >= 0.6 is 22.9 Å². The number of benzene rings is 1. The van der Waals surface area contributed by atoms with Crippen LogP contribution in [0.5, 0.6) is 0 Å². The smallest absolute Gasteiger partial charge is 0.341 e. The second-order valence-electron chi connectivity index (χ2n) is 6.89. The Labute approximate surface area is 174 Å². The molecule has 6 nitrogen and oxygen atoms in total. The first-order chi connectivity index (χ1) is 13.4. The van der Waals surface area contributed by atoms with Gasteiger partial charge < -0.3 is 19.9 Å². The van der Waals surface area contributed by atoms with Gasteiger partial charge in [-0.2, -0.15) is 0 Å². The van der Waals surface area contributed by atoms with Gasteiger partial charge in [-0.3, -0.25) is 4.79 Å². The van der Waals surface area contributed by atoms with Gasteiger partial charge in [-0.25, -0.2) is 4.79 Å². The van der Waals surface area contributed by atoms with Crippen molar-refractivity contribution >= 4 is 45.5 Å². The number of ether oxygens (including phenoxy) is 1. The fourth-order valence-corrected chi connectivity index (χ4v) is 4.73. The summed E-state index contributed by atoms with van der Waals surface area (Å²) in [7, 11) is 1.35. The highest BCUT2D eigenvalue weighted by molar-refractivity contribution is 7.16. The maximum Gasteiger partial charge on any atom is 0.341 e. The zero-order valence-electron chi connectivity index (χ0n) is 16.3. The number of anilines is 2. The molecule has 1 aliphatic rings. The molecular weight excluding hydrogens is 398 g/mol. The van der Waals surface area contributed by atoms with Crippen molar-refractivity contribution in [1.29, 1.82) is 0 Å². The van der Waals surface area contributed by atoms with Gasteiger partial charge >= 0.3 is 5.97 Å². The quantitative estimate of drug-likeness (QED) is 0.725. The zero-order valence-corrected chi connectivity index (χ0v) is 17.9. The second-order valence-corrected chi connectivity index (χ2v) is 8.52. The van der Waals surface area contributed by atoms with Gasteiger partial charge in [-0.1, -0.05) is 23.7 Å². The van der Waals surface area contributed by atoms with E-state index in [9.17, 15) is 9.59 Å². The second kappa shape index (κ2) is 8.94. The topological polar surface area (TPSA) is 63.1 Å². The maximum atomic E-state index is 12.6. The Morgan fingerprint density at radius 3 is 2.57 bits per heavy atom. The van der Waals surface area contributed by atoms with Crippen LogP contribution in [0.3, 0.4) is 0 Å². The van der Waals surface area contributed by atoms with Crippen LogP contribution in [0, 0.1) is 13.8 Å². The first kappa shape index (κ1) is 20.6. The minimum absolute atomic E-state index is 0.0902. The first-order valence-electron chi connectivity index (χ1n) is 9.22. The van der Waals surface area contributed by atoms with Crippen molar-refractivity contribution in [3.8, 4) is 0 Å². The van der Waals surface area contributed by atoms with Crippen molar-refractivity contribution in [3.63, 3.8) is 0 Å². The summed E-state index contributed by atoms with van der Waals surface area (Å²) < 4.78 is 4.86. The van der Waals surface area contributed by atoms with Crippen molar-refractivity contribution in [2.75, 3.05) is 50.1 Å². The molecule has 2 heterocycles. The van der Waals surface area contributed by atoms with Crippen molar-refractivity contribution in [1.82, 2.24) is 0 Å². The Morgan fingerprint density at radius 1 is 1.25 bits per heavy atom. The number of esters is 1. The maximum absolute atomic E-state index is 12.6. The van der Waals surface area contributed by atoms with E-state index in [0.29, 0.717) is 17.1 Å². The van der Waals surface area contributed by atoms with E-state index in [-0.39, 0.29) is 5.91 Å². The average Bonchev–Trinajstić information content (AvgIpc) is 2.95. The Hall–Kier alpha value is -2.09. The number of thiophene rings is 1. The summed E-state index contributed by atoms with van der Waals surface area (Å²) in [6.45, 7) is 7.56. The van der Waals surface area contributed by atoms with E-state index >= 15 is 0 Å². The molecule has 1 fully saturated rings. The van der Waals surface area contributed by atoms with Gasteiger partial charge in [0.1, 0.15) is 5.00 Å². The SMILES string of the molecule is COC(=O)c1c(NC(=O)C[NH+]2CCN(c3ccccc3Cl)CC2)sc(C)c1C. The summed E-state index contributed by atoms with van der Waals surface area (Å²) in [6.07, 6.45) is 0. The highest BCUT2D eigenvalue weighted by Gasteiger charge is 2.26. The third-order valence-electron chi connectivity index (χ3n) is 5.10. The lowest BCUT2D eigenvalue weighted by atomic mass is 10.1. The third-order valence-corrected chi connectivity index (χ3v) is 6.54. The molecular formula is C20H25ClN3O3S+. The number of piperazine rings is 1. The van der Waals surface area contributed by atoms with E-state index in [1.54, 1.807) is 0 Å². The van der Waals surface area contributed by atoms with Gasteiger partial charge in [0.15, 0.2) is 6.54 Å². The van der Waals surface area contributed by atoms with Crippen LogP contribution in [0.2, 0.25) is 5.02 Å². The van der Waals surface area contributed by atoms with E-state index in [1.165, 1.54) is 23.3 Å². The lowest BCUT2D eigenvalue weighted by molar-refractivity contribution is -0.892. The van der Waals surface area contributed by atoms with Gasteiger partial charge in [-0.15, -0.1) is 11.3 Å². The van der Waals surface area contributed by atoms with E-state index in [0.717, 1.165) is 47.3 Å². The fraction of sp³-hybridized carbons (Fsp3) is 0.400. The minimum Gasteiger partial charge on any atom is -0.465 e. The number of aryl methyl sites for hydroxylation is 1. The van der Waals surface area contributed by atoms with Crippen molar-refractivity contribution in [3.05, 3.63) is 45.3 Å². The van der Waals surface area contributed by atoms with Gasteiger partial charge in [0.2, 0.25) is 0 Å². The van der Waals surface area contributed by atoms with Crippen LogP contribution in [0.4, 0.5) is 10.7 Å². The van der Waals surface area contributed by atoms with Crippen LogP contribution in [-0.4, -0.2) is 51.7 Å². The summed E-state index contributed by atoms with van der Waals surface area (Å²) in [6, 6.07) is 7.83. The number of para-hydroxylation sites is 1. The average molecular weight is 423 g/mol. The predicted octanol–water partition coefficient (Wildman–Crippen LogP) is 2.15. The molecule has 3 rings (SSSR count). The minimum atomic E-state index is -0.419. The number of amides is 1. The van der Waals surface area contributed by atoms with E-state index in [2.05, 4.69) is 10.2 Å². The van der Waals surface area contributed by atoms with E-state index in [1.807, 2.05) is 38.1 Å².